The molecule has 1 aromatic heterocycles. The van der Waals surface area contributed by atoms with Gasteiger partial charge in [-0.3, -0.25) is 0 Å². The number of hydrogen-bond acceptors (Lipinski definition) is 5. The van der Waals surface area contributed by atoms with Crippen LogP contribution in [0.5, 0.6) is 0 Å². The van der Waals surface area contributed by atoms with E-state index in [2.05, 4.69) is 36.1 Å². The Hall–Kier alpha value is -0.980. The van der Waals surface area contributed by atoms with E-state index in [1.54, 1.807) is 6.07 Å². The smallest absolute Gasteiger partial charge is 0.147 e. The van der Waals surface area contributed by atoms with Crippen LogP contribution >= 0.6 is 23.1 Å². The molecule has 3 nitrogen and oxygen atoms in total. The molecule has 0 unspecified atom stereocenters. The maximum absolute atomic E-state index is 13.2. The lowest BCUT2D eigenvalue weighted by Crippen LogP contribution is -2.15. The third-order valence-corrected chi connectivity index (χ3v) is 5.21. The molecule has 108 valence electrons. The zero-order valence-electron chi connectivity index (χ0n) is 11.8. The largest absolute Gasteiger partial charge is 0.309 e. The molecule has 1 aromatic carbocycles. The Labute approximate surface area is 127 Å². The number of nitrogens with zero attached hydrogens (tertiary/aromatic N) is 3. The van der Waals surface area contributed by atoms with Crippen LogP contribution in [-0.2, 0) is 0 Å². The van der Waals surface area contributed by atoms with Crippen molar-refractivity contribution in [2.75, 3.05) is 26.4 Å². The predicted molar refractivity (Wildman–Crippen MR) is 84.7 cm³/mol. The first-order valence-corrected chi connectivity index (χ1v) is 8.28. The summed E-state index contributed by atoms with van der Waals surface area (Å²) in [5.74, 6) is 0.816. The highest BCUT2D eigenvalue weighted by Gasteiger charge is 2.13. The average Bonchev–Trinajstić information content (AvgIpc) is 2.87. The van der Waals surface area contributed by atoms with Crippen LogP contribution in [0.4, 0.5) is 4.39 Å². The second-order valence-corrected chi connectivity index (χ2v) is 7.23. The maximum atomic E-state index is 13.2. The lowest BCUT2D eigenvalue weighted by Gasteiger charge is -2.11. The van der Waals surface area contributed by atoms with Gasteiger partial charge in [0.1, 0.15) is 15.8 Å². The molecule has 0 radical (unpaired) electrons. The van der Waals surface area contributed by atoms with Gasteiger partial charge in [-0.15, -0.1) is 10.2 Å². The Bertz CT molecular complexity index is 557. The number of aromatic nitrogens is 2. The lowest BCUT2D eigenvalue weighted by molar-refractivity contribution is 0.437. The van der Waals surface area contributed by atoms with Gasteiger partial charge in [-0.25, -0.2) is 4.39 Å². The minimum Gasteiger partial charge on any atom is -0.309 e. The molecule has 0 aliphatic carbocycles. The van der Waals surface area contributed by atoms with E-state index in [-0.39, 0.29) is 5.82 Å². The number of halogens is 1. The SMILES string of the molecule is C[C@H](SCCN(C)C)c1nnc(-c2cccc(F)c2)s1. The molecule has 0 bridgehead atoms. The number of rotatable bonds is 6. The van der Waals surface area contributed by atoms with Crippen molar-refractivity contribution in [3.63, 3.8) is 0 Å². The van der Waals surface area contributed by atoms with Crippen molar-refractivity contribution in [1.82, 2.24) is 15.1 Å². The summed E-state index contributed by atoms with van der Waals surface area (Å²) in [6.45, 7) is 3.18. The molecule has 20 heavy (non-hydrogen) atoms. The monoisotopic (exact) mass is 311 g/mol. The number of benzene rings is 1. The van der Waals surface area contributed by atoms with Crippen molar-refractivity contribution in [2.24, 2.45) is 0 Å². The first-order chi connectivity index (χ1) is 9.56. The number of thioether (sulfide) groups is 1. The fourth-order valence-corrected chi connectivity index (χ4v) is 3.75. The van der Waals surface area contributed by atoms with Crippen LogP contribution in [0.1, 0.15) is 17.2 Å². The summed E-state index contributed by atoms with van der Waals surface area (Å²) >= 11 is 3.40. The highest BCUT2D eigenvalue weighted by atomic mass is 32.2. The van der Waals surface area contributed by atoms with E-state index in [4.69, 9.17) is 0 Å². The summed E-state index contributed by atoms with van der Waals surface area (Å²) in [4.78, 5) is 2.16. The molecule has 0 aliphatic rings. The van der Waals surface area contributed by atoms with Gasteiger partial charge >= 0.3 is 0 Å². The minimum atomic E-state index is -0.243. The van der Waals surface area contributed by atoms with Crippen LogP contribution in [0.2, 0.25) is 0 Å². The Morgan fingerprint density at radius 3 is 2.85 bits per heavy atom. The highest BCUT2D eigenvalue weighted by molar-refractivity contribution is 7.99. The van der Waals surface area contributed by atoms with Crippen LogP contribution in [0, 0.1) is 5.82 Å². The van der Waals surface area contributed by atoms with E-state index in [9.17, 15) is 4.39 Å². The summed E-state index contributed by atoms with van der Waals surface area (Å²) in [5.41, 5.74) is 0.791. The van der Waals surface area contributed by atoms with Gasteiger partial charge in [-0.05, 0) is 33.2 Å². The van der Waals surface area contributed by atoms with Crippen LogP contribution < -0.4 is 0 Å². The molecule has 0 spiro atoms. The normalized spacial score (nSPS) is 12.8. The fraction of sp³-hybridized carbons (Fsp3) is 0.429. The molecule has 1 heterocycles. The topological polar surface area (TPSA) is 29.0 Å². The van der Waals surface area contributed by atoms with E-state index in [1.807, 2.05) is 17.8 Å². The Morgan fingerprint density at radius 2 is 2.15 bits per heavy atom. The van der Waals surface area contributed by atoms with Crippen molar-refractivity contribution in [2.45, 2.75) is 12.2 Å². The van der Waals surface area contributed by atoms with Crippen molar-refractivity contribution in [1.29, 1.82) is 0 Å². The van der Waals surface area contributed by atoms with Crippen LogP contribution in [0.3, 0.4) is 0 Å². The third-order valence-electron chi connectivity index (χ3n) is 2.77. The van der Waals surface area contributed by atoms with Crippen molar-refractivity contribution in [3.8, 4) is 10.6 Å². The summed E-state index contributed by atoms with van der Waals surface area (Å²) in [5, 5.41) is 10.5. The van der Waals surface area contributed by atoms with Crippen LogP contribution in [-0.4, -0.2) is 41.5 Å². The molecule has 0 saturated heterocycles. The molecular formula is C14H18FN3S2. The van der Waals surface area contributed by atoms with Gasteiger partial charge in [-0.1, -0.05) is 23.5 Å². The average molecular weight is 311 g/mol. The molecule has 1 atom stereocenters. The van der Waals surface area contributed by atoms with Crippen molar-refractivity contribution < 1.29 is 4.39 Å². The first kappa shape index (κ1) is 15.4. The second-order valence-electron chi connectivity index (χ2n) is 4.77. The van der Waals surface area contributed by atoms with Gasteiger partial charge < -0.3 is 4.90 Å². The van der Waals surface area contributed by atoms with E-state index >= 15 is 0 Å². The molecule has 0 fully saturated rings. The van der Waals surface area contributed by atoms with E-state index in [1.165, 1.54) is 23.5 Å². The molecule has 2 aromatic rings. The van der Waals surface area contributed by atoms with Gasteiger partial charge in [0.15, 0.2) is 0 Å². The minimum absolute atomic E-state index is 0.243. The summed E-state index contributed by atoms with van der Waals surface area (Å²) in [7, 11) is 4.14. The van der Waals surface area contributed by atoms with Gasteiger partial charge in [-0.2, -0.15) is 11.8 Å². The zero-order chi connectivity index (χ0) is 14.5. The molecular weight excluding hydrogens is 293 g/mol. The molecule has 6 heteroatoms. The van der Waals surface area contributed by atoms with Gasteiger partial charge in [0.2, 0.25) is 0 Å². The highest BCUT2D eigenvalue weighted by Crippen LogP contribution is 2.33. The van der Waals surface area contributed by atoms with Crippen LogP contribution in [0.15, 0.2) is 24.3 Å². The summed E-state index contributed by atoms with van der Waals surface area (Å²) in [6.07, 6.45) is 0. The fourth-order valence-electron chi connectivity index (χ4n) is 1.62. The van der Waals surface area contributed by atoms with Crippen LogP contribution in [0.25, 0.3) is 10.6 Å². The van der Waals surface area contributed by atoms with E-state index < -0.39 is 0 Å². The lowest BCUT2D eigenvalue weighted by atomic mass is 10.2. The first-order valence-electron chi connectivity index (χ1n) is 6.42. The maximum Gasteiger partial charge on any atom is 0.147 e. The molecule has 0 aliphatic heterocycles. The van der Waals surface area contributed by atoms with Crippen molar-refractivity contribution >= 4 is 23.1 Å². The van der Waals surface area contributed by atoms with Gasteiger partial charge in [0.25, 0.3) is 0 Å². The predicted octanol–water partition coefficient (Wildman–Crippen LogP) is 3.70. The van der Waals surface area contributed by atoms with E-state index in [0.29, 0.717) is 5.25 Å². The second kappa shape index (κ2) is 7.15. The molecule has 2 rings (SSSR count). The Balaban J connectivity index is 2.01. The summed E-state index contributed by atoms with van der Waals surface area (Å²) in [6, 6.07) is 6.48. The third kappa shape index (κ3) is 4.26. The quantitative estimate of drug-likeness (QED) is 0.813. The standard InChI is InChI=1S/C14H18FN3S2/c1-10(19-8-7-18(2)3)13-16-17-14(20-13)11-5-4-6-12(15)9-11/h4-6,9-10H,7-8H2,1-3H3/t10-/m0/s1. The van der Waals surface area contributed by atoms with Gasteiger partial charge in [0, 0.05) is 17.9 Å². The molecule has 0 amide bonds. The van der Waals surface area contributed by atoms with E-state index in [0.717, 1.165) is 27.9 Å². The number of hydrogen-bond donors (Lipinski definition) is 0. The molecule has 0 saturated carbocycles. The van der Waals surface area contributed by atoms with Gasteiger partial charge in [0.05, 0.1) is 5.25 Å². The zero-order valence-corrected chi connectivity index (χ0v) is 13.5. The summed E-state index contributed by atoms with van der Waals surface area (Å²) < 4.78 is 13.2. The molecule has 0 N–H and O–H groups in total. The van der Waals surface area contributed by atoms with Crippen molar-refractivity contribution in [3.05, 3.63) is 35.1 Å². The Morgan fingerprint density at radius 1 is 1.35 bits per heavy atom. The Kier molecular flexibility index (Phi) is 5.51.